The Balaban J connectivity index is 3.97. The molecule has 0 amide bonds. The number of allylic oxidation sites excluding steroid dienone is 4. The molecule has 4 nitrogen and oxygen atoms in total. The molecule has 0 saturated heterocycles. The van der Waals surface area contributed by atoms with Crippen LogP contribution >= 0.6 is 0 Å². The van der Waals surface area contributed by atoms with Crippen molar-refractivity contribution in [3.05, 3.63) is 35.5 Å². The van der Waals surface area contributed by atoms with Gasteiger partial charge in [-0.25, -0.2) is 9.59 Å². The van der Waals surface area contributed by atoms with Crippen molar-refractivity contribution in [2.45, 2.75) is 26.7 Å². The molecular formula is C12H16O4. The van der Waals surface area contributed by atoms with Crippen molar-refractivity contribution in [1.82, 2.24) is 0 Å². The number of aliphatic carboxylic acids is 2. The summed E-state index contributed by atoms with van der Waals surface area (Å²) in [6, 6.07) is 0. The van der Waals surface area contributed by atoms with E-state index in [4.69, 9.17) is 10.2 Å². The van der Waals surface area contributed by atoms with Gasteiger partial charge in [0.1, 0.15) is 0 Å². The van der Waals surface area contributed by atoms with E-state index in [2.05, 4.69) is 0 Å². The first kappa shape index (κ1) is 14.2. The maximum absolute atomic E-state index is 10.4. The third-order valence-corrected chi connectivity index (χ3v) is 1.96. The Morgan fingerprint density at radius 3 is 1.44 bits per heavy atom. The fraction of sp³-hybridized carbons (Fsp3) is 0.333. The van der Waals surface area contributed by atoms with Crippen molar-refractivity contribution in [2.75, 3.05) is 0 Å². The summed E-state index contributed by atoms with van der Waals surface area (Å²) >= 11 is 0. The largest absolute Gasteiger partial charge is 0.478 e. The highest BCUT2D eigenvalue weighted by molar-refractivity contribution is 5.86. The Labute approximate surface area is 94.6 Å². The van der Waals surface area contributed by atoms with Gasteiger partial charge < -0.3 is 10.2 Å². The molecule has 0 unspecified atom stereocenters. The van der Waals surface area contributed by atoms with Gasteiger partial charge in [0.2, 0.25) is 0 Å². The van der Waals surface area contributed by atoms with Gasteiger partial charge in [0, 0.05) is 11.1 Å². The number of hydrogen-bond donors (Lipinski definition) is 2. The molecule has 0 aliphatic heterocycles. The minimum absolute atomic E-state index is 0.307. The molecule has 0 radical (unpaired) electrons. The van der Waals surface area contributed by atoms with E-state index in [1.807, 2.05) is 0 Å². The molecule has 0 bridgehead atoms. The number of hydrogen-bond acceptors (Lipinski definition) is 2. The molecule has 0 fully saturated rings. The van der Waals surface area contributed by atoms with Gasteiger partial charge in [-0.05, 0) is 26.7 Å². The van der Waals surface area contributed by atoms with Gasteiger partial charge in [-0.15, -0.1) is 0 Å². The molecule has 0 spiro atoms. The van der Waals surface area contributed by atoms with Crippen molar-refractivity contribution < 1.29 is 19.8 Å². The fourth-order valence-corrected chi connectivity index (χ4v) is 0.857. The van der Waals surface area contributed by atoms with Gasteiger partial charge in [0.15, 0.2) is 0 Å². The maximum atomic E-state index is 10.4. The summed E-state index contributed by atoms with van der Waals surface area (Å²) in [6.45, 7) is 3.06. The Kier molecular flexibility index (Phi) is 6.59. The first-order valence-corrected chi connectivity index (χ1v) is 4.90. The van der Waals surface area contributed by atoms with Crippen molar-refractivity contribution in [3.63, 3.8) is 0 Å². The Morgan fingerprint density at radius 2 is 1.19 bits per heavy atom. The molecule has 0 aromatic rings. The van der Waals surface area contributed by atoms with E-state index in [1.54, 1.807) is 24.3 Å². The zero-order valence-corrected chi connectivity index (χ0v) is 9.43. The molecule has 4 heteroatoms. The van der Waals surface area contributed by atoms with Gasteiger partial charge in [-0.1, -0.05) is 24.3 Å². The zero-order valence-electron chi connectivity index (χ0n) is 9.43. The zero-order chi connectivity index (χ0) is 12.6. The first-order valence-electron chi connectivity index (χ1n) is 4.90. The van der Waals surface area contributed by atoms with E-state index in [9.17, 15) is 9.59 Å². The lowest BCUT2D eigenvalue weighted by molar-refractivity contribution is -0.133. The minimum atomic E-state index is -0.921. The van der Waals surface area contributed by atoms with E-state index in [1.165, 1.54) is 13.8 Å². The van der Waals surface area contributed by atoms with Crippen molar-refractivity contribution in [2.24, 2.45) is 0 Å². The Morgan fingerprint density at radius 1 is 0.875 bits per heavy atom. The predicted octanol–water partition coefficient (Wildman–Crippen LogP) is 2.38. The van der Waals surface area contributed by atoms with Crippen molar-refractivity contribution in [3.8, 4) is 0 Å². The van der Waals surface area contributed by atoms with Crippen LogP contribution in [0.15, 0.2) is 35.5 Å². The first-order chi connectivity index (χ1) is 7.45. The van der Waals surface area contributed by atoms with Crippen molar-refractivity contribution >= 4 is 11.9 Å². The molecule has 0 heterocycles. The third kappa shape index (κ3) is 6.59. The second kappa shape index (κ2) is 7.45. The summed E-state index contributed by atoms with van der Waals surface area (Å²) in [5, 5.41) is 17.1. The molecule has 0 aliphatic carbocycles. The van der Waals surface area contributed by atoms with Crippen LogP contribution in [0.25, 0.3) is 0 Å². The highest BCUT2D eigenvalue weighted by Gasteiger charge is 1.97. The monoisotopic (exact) mass is 224 g/mol. The van der Waals surface area contributed by atoms with Gasteiger partial charge in [0.05, 0.1) is 0 Å². The standard InChI is InChI=1S/C12H16O4/c1-9(11(13)14)7-5-3-4-6-8-10(2)12(15)16/h3-4,7-8H,5-6H2,1-2H3,(H,13,14)(H,15,16)/b4-3+,9-7+,10-8+. The lowest BCUT2D eigenvalue weighted by Crippen LogP contribution is -1.95. The topological polar surface area (TPSA) is 74.6 Å². The van der Waals surface area contributed by atoms with Crippen LogP contribution in [0.3, 0.4) is 0 Å². The summed E-state index contributed by atoms with van der Waals surface area (Å²) in [7, 11) is 0. The SMILES string of the molecule is C/C(=C\C/C=C/C/C=C(\C)C(=O)O)C(=O)O. The molecular weight excluding hydrogens is 208 g/mol. The van der Waals surface area contributed by atoms with Crippen LogP contribution < -0.4 is 0 Å². The lowest BCUT2D eigenvalue weighted by atomic mass is 10.2. The van der Waals surface area contributed by atoms with E-state index >= 15 is 0 Å². The Hall–Kier alpha value is -1.84. The van der Waals surface area contributed by atoms with Crippen LogP contribution in [0.1, 0.15) is 26.7 Å². The molecule has 0 aromatic carbocycles. The van der Waals surface area contributed by atoms with Gasteiger partial charge >= 0.3 is 11.9 Å². The van der Waals surface area contributed by atoms with E-state index in [0.29, 0.717) is 24.0 Å². The van der Waals surface area contributed by atoms with Crippen LogP contribution in [0.4, 0.5) is 0 Å². The predicted molar refractivity (Wildman–Crippen MR) is 61.2 cm³/mol. The minimum Gasteiger partial charge on any atom is -0.478 e. The molecule has 0 aliphatic rings. The summed E-state index contributed by atoms with van der Waals surface area (Å²) in [5.74, 6) is -1.84. The highest BCUT2D eigenvalue weighted by atomic mass is 16.4. The molecule has 0 aromatic heterocycles. The second-order valence-electron chi connectivity index (χ2n) is 3.33. The molecule has 0 atom stereocenters. The van der Waals surface area contributed by atoms with Crippen LogP contribution in [0.5, 0.6) is 0 Å². The smallest absolute Gasteiger partial charge is 0.330 e. The van der Waals surface area contributed by atoms with Crippen LogP contribution in [-0.2, 0) is 9.59 Å². The summed E-state index contributed by atoms with van der Waals surface area (Å²) < 4.78 is 0. The average Bonchev–Trinajstić information content (AvgIpc) is 2.21. The number of rotatable bonds is 6. The van der Waals surface area contributed by atoms with E-state index in [-0.39, 0.29) is 0 Å². The molecule has 0 rings (SSSR count). The number of carboxylic acids is 2. The molecule has 2 N–H and O–H groups in total. The van der Waals surface area contributed by atoms with Gasteiger partial charge in [0.25, 0.3) is 0 Å². The molecule has 88 valence electrons. The maximum Gasteiger partial charge on any atom is 0.330 e. The Bertz CT molecular complexity index is 314. The van der Waals surface area contributed by atoms with E-state index < -0.39 is 11.9 Å². The fourth-order valence-electron chi connectivity index (χ4n) is 0.857. The van der Waals surface area contributed by atoms with Crippen molar-refractivity contribution in [1.29, 1.82) is 0 Å². The second-order valence-corrected chi connectivity index (χ2v) is 3.33. The highest BCUT2D eigenvalue weighted by Crippen LogP contribution is 1.99. The lowest BCUT2D eigenvalue weighted by Gasteiger charge is -1.91. The van der Waals surface area contributed by atoms with Crippen LogP contribution in [0, 0.1) is 0 Å². The van der Waals surface area contributed by atoms with E-state index in [0.717, 1.165) is 0 Å². The van der Waals surface area contributed by atoms with Gasteiger partial charge in [-0.3, -0.25) is 0 Å². The average molecular weight is 224 g/mol. The quantitative estimate of drug-likeness (QED) is 0.536. The van der Waals surface area contributed by atoms with Crippen LogP contribution in [0.2, 0.25) is 0 Å². The van der Waals surface area contributed by atoms with Gasteiger partial charge in [-0.2, -0.15) is 0 Å². The number of carbonyl (C=O) groups is 2. The molecule has 0 saturated carbocycles. The summed E-state index contributed by atoms with van der Waals surface area (Å²) in [5.41, 5.74) is 0.615. The normalized spacial score (nSPS) is 13.1. The number of carboxylic acid groups (broad SMARTS) is 2. The third-order valence-electron chi connectivity index (χ3n) is 1.96. The van der Waals surface area contributed by atoms with Crippen LogP contribution in [-0.4, -0.2) is 22.2 Å². The summed E-state index contributed by atoms with van der Waals surface area (Å²) in [4.78, 5) is 20.8. The summed E-state index contributed by atoms with van der Waals surface area (Å²) in [6.07, 6.45) is 7.89. The molecule has 16 heavy (non-hydrogen) atoms.